The number of ketones is 1. The minimum atomic E-state index is 0.124. The normalized spacial score (nSPS) is 10.6. The molecule has 1 heterocycles. The molecular formula is C14H13BrOS. The fraction of sp³-hybridized carbons (Fsp3) is 0.214. The van der Waals surface area contributed by atoms with Crippen LogP contribution in [0, 0.1) is 20.8 Å². The van der Waals surface area contributed by atoms with Crippen LogP contribution in [0.3, 0.4) is 0 Å². The van der Waals surface area contributed by atoms with E-state index in [9.17, 15) is 4.79 Å². The van der Waals surface area contributed by atoms with E-state index < -0.39 is 0 Å². The van der Waals surface area contributed by atoms with Gasteiger partial charge in [0, 0.05) is 14.9 Å². The summed E-state index contributed by atoms with van der Waals surface area (Å²) in [5, 5.41) is 0. The van der Waals surface area contributed by atoms with Gasteiger partial charge in [0.2, 0.25) is 5.78 Å². The van der Waals surface area contributed by atoms with Gasteiger partial charge in [-0.3, -0.25) is 4.79 Å². The third-order valence-electron chi connectivity index (χ3n) is 2.69. The van der Waals surface area contributed by atoms with Crippen molar-refractivity contribution in [3.8, 4) is 0 Å². The van der Waals surface area contributed by atoms with Crippen molar-refractivity contribution in [2.75, 3.05) is 0 Å². The van der Waals surface area contributed by atoms with Gasteiger partial charge in [0.05, 0.1) is 4.88 Å². The quantitative estimate of drug-likeness (QED) is 0.737. The molecule has 2 aromatic rings. The van der Waals surface area contributed by atoms with Gasteiger partial charge in [-0.15, -0.1) is 11.3 Å². The van der Waals surface area contributed by atoms with Crippen LogP contribution in [0.25, 0.3) is 0 Å². The Balaban J connectivity index is 2.50. The smallest absolute Gasteiger partial charge is 0.203 e. The maximum atomic E-state index is 12.4. The molecular weight excluding hydrogens is 296 g/mol. The van der Waals surface area contributed by atoms with Gasteiger partial charge in [-0.1, -0.05) is 22.0 Å². The van der Waals surface area contributed by atoms with Crippen LogP contribution in [0.1, 0.15) is 31.2 Å². The summed E-state index contributed by atoms with van der Waals surface area (Å²) in [6.45, 7) is 5.99. The molecule has 0 radical (unpaired) electrons. The van der Waals surface area contributed by atoms with Crippen LogP contribution in [0.5, 0.6) is 0 Å². The fourth-order valence-corrected chi connectivity index (χ4v) is 3.17. The van der Waals surface area contributed by atoms with Gasteiger partial charge < -0.3 is 0 Å². The zero-order valence-corrected chi connectivity index (χ0v) is 12.4. The Labute approximate surface area is 114 Å². The topological polar surface area (TPSA) is 17.1 Å². The van der Waals surface area contributed by atoms with Crippen LogP contribution in [0.15, 0.2) is 28.7 Å². The highest BCUT2D eigenvalue weighted by molar-refractivity contribution is 9.10. The Morgan fingerprint density at radius 2 is 1.82 bits per heavy atom. The van der Waals surface area contributed by atoms with Crippen LogP contribution >= 0.6 is 27.3 Å². The highest BCUT2D eigenvalue weighted by Gasteiger charge is 2.16. The molecule has 17 heavy (non-hydrogen) atoms. The lowest BCUT2D eigenvalue weighted by Crippen LogP contribution is -2.02. The zero-order valence-electron chi connectivity index (χ0n) is 10.0. The third kappa shape index (κ3) is 2.50. The molecule has 0 amide bonds. The monoisotopic (exact) mass is 308 g/mol. The van der Waals surface area contributed by atoms with Crippen molar-refractivity contribution in [1.29, 1.82) is 0 Å². The SMILES string of the molecule is Cc1cc(C)c(C(=O)c2cc(Br)ccc2C)s1. The van der Waals surface area contributed by atoms with Gasteiger partial charge in [-0.05, 0) is 50.1 Å². The molecule has 0 saturated heterocycles. The lowest BCUT2D eigenvalue weighted by Gasteiger charge is -2.05. The van der Waals surface area contributed by atoms with E-state index in [0.29, 0.717) is 0 Å². The van der Waals surface area contributed by atoms with Crippen molar-refractivity contribution in [3.05, 3.63) is 55.2 Å². The molecule has 1 aromatic heterocycles. The summed E-state index contributed by atoms with van der Waals surface area (Å²) < 4.78 is 0.942. The van der Waals surface area contributed by atoms with E-state index >= 15 is 0 Å². The van der Waals surface area contributed by atoms with Gasteiger partial charge in [-0.25, -0.2) is 0 Å². The molecule has 2 rings (SSSR count). The highest BCUT2D eigenvalue weighted by Crippen LogP contribution is 2.26. The van der Waals surface area contributed by atoms with Gasteiger partial charge in [0.15, 0.2) is 0 Å². The maximum absolute atomic E-state index is 12.4. The van der Waals surface area contributed by atoms with E-state index in [1.165, 1.54) is 4.88 Å². The van der Waals surface area contributed by atoms with Gasteiger partial charge in [0.25, 0.3) is 0 Å². The molecule has 3 heteroatoms. The van der Waals surface area contributed by atoms with Crippen LogP contribution in [-0.2, 0) is 0 Å². The Morgan fingerprint density at radius 3 is 2.41 bits per heavy atom. The molecule has 0 spiro atoms. The third-order valence-corrected chi connectivity index (χ3v) is 4.34. The molecule has 0 aliphatic rings. The molecule has 0 atom stereocenters. The first-order valence-electron chi connectivity index (χ1n) is 5.37. The van der Waals surface area contributed by atoms with E-state index in [1.54, 1.807) is 11.3 Å². The van der Waals surface area contributed by atoms with Crippen molar-refractivity contribution >= 4 is 33.0 Å². The number of hydrogen-bond donors (Lipinski definition) is 0. The predicted molar refractivity (Wildman–Crippen MR) is 76.1 cm³/mol. The predicted octanol–water partition coefficient (Wildman–Crippen LogP) is 4.67. The first kappa shape index (κ1) is 12.5. The number of rotatable bonds is 2. The number of benzene rings is 1. The summed E-state index contributed by atoms with van der Waals surface area (Å²) in [7, 11) is 0. The van der Waals surface area contributed by atoms with Gasteiger partial charge in [0.1, 0.15) is 0 Å². The van der Waals surface area contributed by atoms with E-state index in [1.807, 2.05) is 39.0 Å². The van der Waals surface area contributed by atoms with Crippen molar-refractivity contribution in [2.24, 2.45) is 0 Å². The van der Waals surface area contributed by atoms with Crippen LogP contribution in [-0.4, -0.2) is 5.78 Å². The lowest BCUT2D eigenvalue weighted by atomic mass is 10.0. The summed E-state index contributed by atoms with van der Waals surface area (Å²) >= 11 is 4.98. The summed E-state index contributed by atoms with van der Waals surface area (Å²) in [5.74, 6) is 0.124. The average Bonchev–Trinajstić information content (AvgIpc) is 2.60. The second kappa shape index (κ2) is 4.75. The second-order valence-corrected chi connectivity index (χ2v) is 6.33. The number of aryl methyl sites for hydroxylation is 3. The Bertz CT molecular complexity index is 584. The molecule has 0 N–H and O–H groups in total. The Hall–Kier alpha value is -0.930. The number of hydrogen-bond acceptors (Lipinski definition) is 2. The molecule has 0 fully saturated rings. The molecule has 0 saturated carbocycles. The van der Waals surface area contributed by atoms with Crippen LogP contribution < -0.4 is 0 Å². The van der Waals surface area contributed by atoms with Crippen molar-refractivity contribution in [1.82, 2.24) is 0 Å². The molecule has 0 bridgehead atoms. The van der Waals surface area contributed by atoms with E-state index in [-0.39, 0.29) is 5.78 Å². The summed E-state index contributed by atoms with van der Waals surface area (Å²) in [6.07, 6.45) is 0. The molecule has 0 unspecified atom stereocenters. The number of carbonyl (C=O) groups excluding carboxylic acids is 1. The largest absolute Gasteiger partial charge is 0.288 e. The van der Waals surface area contributed by atoms with Gasteiger partial charge >= 0.3 is 0 Å². The fourth-order valence-electron chi connectivity index (χ4n) is 1.83. The average molecular weight is 309 g/mol. The summed E-state index contributed by atoms with van der Waals surface area (Å²) in [4.78, 5) is 14.5. The molecule has 88 valence electrons. The minimum absolute atomic E-state index is 0.124. The zero-order chi connectivity index (χ0) is 12.6. The van der Waals surface area contributed by atoms with Gasteiger partial charge in [-0.2, -0.15) is 0 Å². The van der Waals surface area contributed by atoms with Crippen molar-refractivity contribution in [3.63, 3.8) is 0 Å². The molecule has 0 aliphatic heterocycles. The minimum Gasteiger partial charge on any atom is -0.288 e. The van der Waals surface area contributed by atoms with Crippen LogP contribution in [0.2, 0.25) is 0 Å². The first-order chi connectivity index (χ1) is 7.99. The summed E-state index contributed by atoms with van der Waals surface area (Å²) in [5.41, 5.74) is 2.87. The van der Waals surface area contributed by atoms with Crippen molar-refractivity contribution < 1.29 is 4.79 Å². The maximum Gasteiger partial charge on any atom is 0.203 e. The molecule has 0 aliphatic carbocycles. The van der Waals surface area contributed by atoms with E-state index in [0.717, 1.165) is 26.0 Å². The molecule has 1 nitrogen and oxygen atoms in total. The summed E-state index contributed by atoms with van der Waals surface area (Å²) in [6, 6.07) is 7.88. The van der Waals surface area contributed by atoms with E-state index in [4.69, 9.17) is 0 Å². The van der Waals surface area contributed by atoms with E-state index in [2.05, 4.69) is 22.0 Å². The highest BCUT2D eigenvalue weighted by atomic mass is 79.9. The van der Waals surface area contributed by atoms with Crippen molar-refractivity contribution in [2.45, 2.75) is 20.8 Å². The number of carbonyl (C=O) groups is 1. The second-order valence-electron chi connectivity index (χ2n) is 4.16. The Morgan fingerprint density at radius 1 is 1.12 bits per heavy atom. The molecule has 1 aromatic carbocycles. The Kier molecular flexibility index (Phi) is 3.50. The lowest BCUT2D eigenvalue weighted by molar-refractivity contribution is 0.104. The van der Waals surface area contributed by atoms with Crippen LogP contribution in [0.4, 0.5) is 0 Å². The first-order valence-corrected chi connectivity index (χ1v) is 6.98. The number of thiophene rings is 1. The number of halogens is 1. The standard InChI is InChI=1S/C14H13BrOS/c1-8-4-5-11(15)7-12(8)13(16)14-9(2)6-10(3)17-14/h4-7H,1-3H3.